The van der Waals surface area contributed by atoms with Gasteiger partial charge in [-0.25, -0.2) is 10.1 Å². The van der Waals surface area contributed by atoms with E-state index in [-0.39, 0.29) is 19.5 Å². The minimum absolute atomic E-state index is 0. The van der Waals surface area contributed by atoms with E-state index in [1.54, 1.807) is 35.1 Å². The summed E-state index contributed by atoms with van der Waals surface area (Å²) in [5.41, 5.74) is 8.59. The molecule has 0 aliphatic rings. The molecule has 0 N–H and O–H groups in total. The van der Waals surface area contributed by atoms with E-state index >= 15 is 0 Å². The third-order valence-corrected chi connectivity index (χ3v) is 12.5. The van der Waals surface area contributed by atoms with Gasteiger partial charge in [0, 0.05) is 50.4 Å². The van der Waals surface area contributed by atoms with Gasteiger partial charge in [-0.2, -0.15) is 10.4 Å². The van der Waals surface area contributed by atoms with Crippen LogP contribution in [0.2, 0.25) is 0 Å². The summed E-state index contributed by atoms with van der Waals surface area (Å²) < 4.78 is 0. The fourth-order valence-electron chi connectivity index (χ4n) is 6.99. The number of pyridine rings is 4. The molecule has 0 aromatic carbocycles. The van der Waals surface area contributed by atoms with Crippen molar-refractivity contribution in [2.45, 2.75) is 117 Å². The van der Waals surface area contributed by atoms with Crippen LogP contribution >= 0.6 is 34.9 Å². The van der Waals surface area contributed by atoms with Crippen molar-refractivity contribution >= 4 is 64.8 Å². The number of rotatable bonds is 22. The summed E-state index contributed by atoms with van der Waals surface area (Å²) >= 11 is 10.7. The summed E-state index contributed by atoms with van der Waals surface area (Å²) in [5.74, 6) is 0. The summed E-state index contributed by atoms with van der Waals surface area (Å²) in [7, 11) is 0. The number of thiocyanates is 1. The first kappa shape index (κ1) is 57.7. The first-order valence-corrected chi connectivity index (χ1v) is 25.0. The van der Waals surface area contributed by atoms with Crippen molar-refractivity contribution in [2.75, 3.05) is 0 Å². The average molecular weight is 1050 g/mol. The molecule has 13 heteroatoms. The van der Waals surface area contributed by atoms with Gasteiger partial charge in [-0.05, 0) is 133 Å². The molecule has 0 atom stereocenters. The summed E-state index contributed by atoms with van der Waals surface area (Å²) in [5, 5.41) is 25.6. The van der Waals surface area contributed by atoms with Crippen molar-refractivity contribution in [3.05, 3.63) is 148 Å². The Morgan fingerprint density at radius 2 is 0.985 bits per heavy atom. The molecule has 0 saturated heterocycles. The van der Waals surface area contributed by atoms with Crippen LogP contribution in [0.5, 0.6) is 0 Å². The number of allylic oxidation sites excluding steroid dienone is 1. The third kappa shape index (κ3) is 23.2. The summed E-state index contributed by atoms with van der Waals surface area (Å²) in [6.45, 7) is 11.4. The van der Waals surface area contributed by atoms with Gasteiger partial charge in [0.05, 0.1) is 35.4 Å². The number of nitriles is 2. The zero-order valence-electron chi connectivity index (χ0n) is 38.4. The molecule has 0 radical (unpaired) electrons. The fraction of sp³-hybridized carbons (Fsp3) is 0.333. The molecule has 6 aromatic rings. The number of hydrogen-bond acceptors (Lipinski definition) is 10. The van der Waals surface area contributed by atoms with Crippen LogP contribution in [0.4, 0.5) is 0 Å². The summed E-state index contributed by atoms with van der Waals surface area (Å²) in [4.78, 5) is 25.8. The van der Waals surface area contributed by atoms with E-state index < -0.39 is 0 Å². The second kappa shape index (κ2) is 36.7. The fourth-order valence-corrected chi connectivity index (χ4v) is 8.79. The van der Waals surface area contributed by atoms with Gasteiger partial charge in [0.1, 0.15) is 0 Å². The Morgan fingerprint density at radius 3 is 1.39 bits per heavy atom. The summed E-state index contributed by atoms with van der Waals surface area (Å²) in [6.07, 6.45) is 35.4. The monoisotopic (exact) mass is 1050 g/mol. The number of aryl methyl sites for hydroxylation is 2. The SMILES string of the molecule is CCCCCCCCCc1ccnc(-c2cc(CCCCCCCCC)ccn2)c1.N#C[S-].[C-]#[N+]/C=C\c1ccc(-c2ccnc(-c3cc(-c4ccc(/C=C\C#N)s4)ccn3)c2)s1.[N-]=C=S.[Ru+2]. The van der Waals surface area contributed by atoms with Gasteiger partial charge in [-0.15, -0.1) is 22.7 Å². The molecule has 0 saturated carbocycles. The van der Waals surface area contributed by atoms with Gasteiger partial charge in [0.25, 0.3) is 0 Å². The predicted molar refractivity (Wildman–Crippen MR) is 284 cm³/mol. The second-order valence-corrected chi connectivity index (χ2v) is 17.8. The molecule has 6 heterocycles. The largest absolute Gasteiger partial charge is 2.00 e. The number of aromatic nitrogens is 4. The first-order chi connectivity index (χ1) is 32.4. The van der Waals surface area contributed by atoms with E-state index in [9.17, 15) is 0 Å². The van der Waals surface area contributed by atoms with Crippen LogP contribution in [0.25, 0.3) is 66.1 Å². The van der Waals surface area contributed by atoms with E-state index in [2.05, 4.69) is 99.9 Å². The van der Waals surface area contributed by atoms with Crippen molar-refractivity contribution in [3.8, 4) is 55.1 Å². The molecule has 346 valence electrons. The molecule has 0 spiro atoms. The maximum Gasteiger partial charge on any atom is 2.00 e. The quantitative estimate of drug-likeness (QED) is 0.00962. The molecule has 0 unspecified atom stereocenters. The standard InChI is InChI=1S/C28H44N2.C24H14N4S2.CHNS.CNS.Ru/c1-3-5-7-9-11-13-15-17-25-19-21-29-27(23-25)28-24-26(20-22-30-28)18-16-14-12-10-8-6-4-2;1-26-12-10-20-5-7-24(30-20)18-9-14-28-22(16-18)21-15-17(8-13-27-21)23-6-4-19(29-23)3-2-11-25;2*2-1-3;/h19-24H,3-18H2,1-2H3;2-10,12-16H;3H;;/q;;;-1;+2/p-1/b;3-2-,12-10-;;;. The normalized spacial score (nSPS) is 10.1. The van der Waals surface area contributed by atoms with Gasteiger partial charge in [-0.1, -0.05) is 109 Å². The van der Waals surface area contributed by atoms with Crippen molar-refractivity contribution in [3.63, 3.8) is 0 Å². The zero-order valence-corrected chi connectivity index (χ0v) is 43.4. The molecule has 0 aliphatic carbocycles. The van der Waals surface area contributed by atoms with E-state index in [4.69, 9.17) is 22.5 Å². The molecule has 0 fully saturated rings. The maximum atomic E-state index is 8.70. The number of thiocarbonyl (C=S) groups is 1. The van der Waals surface area contributed by atoms with Crippen molar-refractivity contribution in [2.24, 2.45) is 0 Å². The Morgan fingerprint density at radius 1 is 0.612 bits per heavy atom. The Bertz CT molecular complexity index is 2370. The van der Waals surface area contributed by atoms with Crippen LogP contribution in [0.1, 0.15) is 125 Å². The number of nitrogens with zero attached hydrogens (tertiary/aromatic N) is 8. The van der Waals surface area contributed by atoms with Gasteiger partial charge in [0.2, 0.25) is 0 Å². The van der Waals surface area contributed by atoms with Crippen LogP contribution in [-0.4, -0.2) is 25.1 Å². The second-order valence-electron chi connectivity index (χ2n) is 15.2. The van der Waals surface area contributed by atoms with Crippen LogP contribution in [0, 0.1) is 28.6 Å². The average Bonchev–Trinajstić information content (AvgIpc) is 4.04. The van der Waals surface area contributed by atoms with E-state index in [0.29, 0.717) is 0 Å². The van der Waals surface area contributed by atoms with Gasteiger partial charge < -0.3 is 18.0 Å². The number of isothiocyanates is 1. The Hall–Kier alpha value is -5.41. The number of unbranched alkanes of at least 4 members (excludes halogenated alkanes) is 12. The Balaban J connectivity index is 0.000000406. The van der Waals surface area contributed by atoms with Crippen LogP contribution in [0.15, 0.2) is 110 Å². The molecule has 67 heavy (non-hydrogen) atoms. The van der Waals surface area contributed by atoms with Crippen LogP contribution < -0.4 is 0 Å². The molecule has 0 aliphatic heterocycles. The Labute approximate surface area is 430 Å². The molecule has 8 nitrogen and oxygen atoms in total. The number of hydrogen-bond donors (Lipinski definition) is 0. The molecular weight excluding hydrogens is 990 g/mol. The van der Waals surface area contributed by atoms with E-state index in [1.165, 1.54) is 124 Å². The minimum Gasteiger partial charge on any atom is -0.753 e. The van der Waals surface area contributed by atoms with Crippen molar-refractivity contribution in [1.29, 1.82) is 10.5 Å². The smallest absolute Gasteiger partial charge is 0.753 e. The van der Waals surface area contributed by atoms with E-state index in [0.717, 1.165) is 66.3 Å². The van der Waals surface area contributed by atoms with Gasteiger partial charge in [-0.3, -0.25) is 19.9 Å². The zero-order chi connectivity index (χ0) is 47.5. The maximum absolute atomic E-state index is 8.70. The minimum atomic E-state index is 0. The Kier molecular flexibility index (Phi) is 31.6. The molecule has 0 amide bonds. The van der Waals surface area contributed by atoms with Gasteiger partial charge in [0.15, 0.2) is 6.20 Å². The van der Waals surface area contributed by atoms with Crippen molar-refractivity contribution < 1.29 is 19.5 Å². The predicted octanol–water partition coefficient (Wildman–Crippen LogP) is 16.4. The molecular formula is C54H58N8RuS4. The van der Waals surface area contributed by atoms with Crippen molar-refractivity contribution in [1.82, 2.24) is 19.9 Å². The number of thiophene rings is 2. The topological polar surface area (TPSA) is 126 Å². The molecule has 0 bridgehead atoms. The van der Waals surface area contributed by atoms with Gasteiger partial charge >= 0.3 is 19.5 Å². The first-order valence-electron chi connectivity index (χ1n) is 22.6. The summed E-state index contributed by atoms with van der Waals surface area (Å²) in [6, 6.07) is 27.0. The molecule has 6 rings (SSSR count). The third-order valence-electron chi connectivity index (χ3n) is 10.3. The van der Waals surface area contributed by atoms with Crippen LogP contribution in [-0.2, 0) is 44.9 Å². The van der Waals surface area contributed by atoms with E-state index in [1.807, 2.05) is 67.0 Å². The van der Waals surface area contributed by atoms with Crippen LogP contribution in [0.3, 0.4) is 0 Å². The molecule has 6 aromatic heterocycles.